The highest BCUT2D eigenvalue weighted by Crippen LogP contribution is 2.28. The molecule has 0 aliphatic carbocycles. The Hall–Kier alpha value is -1.35. The molecule has 0 aromatic heterocycles. The first-order valence-electron chi connectivity index (χ1n) is 7.90. The maximum atomic E-state index is 12.5. The molecule has 108 valence electrons. The molecule has 3 rings (SSSR count). The quantitative estimate of drug-likeness (QED) is 0.912. The van der Waals surface area contributed by atoms with Gasteiger partial charge in [0, 0.05) is 25.0 Å². The standard InChI is InChI=1S/C17H24N2O/c20-17(8-4-7-14-5-2-1-3-6-14)19-15-9-10-16(19)13-18-12-11-15/h1-3,5-6,15-16,18H,4,7-13H2. The van der Waals surface area contributed by atoms with Crippen molar-refractivity contribution >= 4 is 5.91 Å². The van der Waals surface area contributed by atoms with Crippen LogP contribution in [0.4, 0.5) is 0 Å². The van der Waals surface area contributed by atoms with Gasteiger partial charge in [-0.1, -0.05) is 30.3 Å². The molecule has 2 aliphatic rings. The van der Waals surface area contributed by atoms with E-state index in [9.17, 15) is 4.79 Å². The van der Waals surface area contributed by atoms with Gasteiger partial charge in [0.15, 0.2) is 0 Å². The fraction of sp³-hybridized carbons (Fsp3) is 0.588. The van der Waals surface area contributed by atoms with Crippen molar-refractivity contribution in [2.75, 3.05) is 13.1 Å². The van der Waals surface area contributed by atoms with E-state index >= 15 is 0 Å². The van der Waals surface area contributed by atoms with Crippen LogP contribution in [0.15, 0.2) is 30.3 Å². The minimum Gasteiger partial charge on any atom is -0.335 e. The summed E-state index contributed by atoms with van der Waals surface area (Å²) in [6.07, 6.45) is 6.18. The maximum absolute atomic E-state index is 12.5. The van der Waals surface area contributed by atoms with Crippen LogP contribution in [0, 0.1) is 0 Å². The van der Waals surface area contributed by atoms with Crippen LogP contribution in [0.5, 0.6) is 0 Å². The lowest BCUT2D eigenvalue weighted by Gasteiger charge is -2.28. The Kier molecular flexibility index (Phi) is 4.36. The molecule has 2 aliphatic heterocycles. The normalized spacial score (nSPS) is 25.5. The van der Waals surface area contributed by atoms with Crippen LogP contribution in [0.2, 0.25) is 0 Å². The van der Waals surface area contributed by atoms with Gasteiger partial charge in [0.1, 0.15) is 0 Å². The summed E-state index contributed by atoms with van der Waals surface area (Å²) in [6.45, 7) is 2.05. The van der Waals surface area contributed by atoms with Crippen molar-refractivity contribution in [3.8, 4) is 0 Å². The molecule has 2 heterocycles. The van der Waals surface area contributed by atoms with Crippen LogP contribution in [0.1, 0.15) is 37.7 Å². The van der Waals surface area contributed by atoms with Crippen molar-refractivity contribution in [2.24, 2.45) is 0 Å². The lowest BCUT2D eigenvalue weighted by atomic mass is 10.1. The van der Waals surface area contributed by atoms with E-state index in [-0.39, 0.29) is 0 Å². The van der Waals surface area contributed by atoms with Crippen LogP contribution in [-0.2, 0) is 11.2 Å². The molecule has 20 heavy (non-hydrogen) atoms. The molecule has 3 nitrogen and oxygen atoms in total. The fourth-order valence-corrected chi connectivity index (χ4v) is 3.61. The van der Waals surface area contributed by atoms with E-state index in [1.54, 1.807) is 0 Å². The molecule has 1 N–H and O–H groups in total. The highest BCUT2D eigenvalue weighted by atomic mass is 16.2. The number of benzene rings is 1. The largest absolute Gasteiger partial charge is 0.335 e. The van der Waals surface area contributed by atoms with Crippen LogP contribution in [0.3, 0.4) is 0 Å². The second kappa shape index (κ2) is 6.40. The van der Waals surface area contributed by atoms with Crippen LogP contribution in [0.25, 0.3) is 0 Å². The molecule has 2 fully saturated rings. The number of nitrogens with zero attached hydrogens (tertiary/aromatic N) is 1. The van der Waals surface area contributed by atoms with Gasteiger partial charge in [-0.25, -0.2) is 0 Å². The molecule has 0 saturated carbocycles. The van der Waals surface area contributed by atoms with Crippen molar-refractivity contribution < 1.29 is 4.79 Å². The summed E-state index contributed by atoms with van der Waals surface area (Å²) >= 11 is 0. The monoisotopic (exact) mass is 272 g/mol. The van der Waals surface area contributed by atoms with Gasteiger partial charge in [0.25, 0.3) is 0 Å². The lowest BCUT2D eigenvalue weighted by molar-refractivity contribution is -0.133. The smallest absolute Gasteiger partial charge is 0.223 e. The average molecular weight is 272 g/mol. The van der Waals surface area contributed by atoms with Crippen molar-refractivity contribution in [1.82, 2.24) is 10.2 Å². The molecule has 0 spiro atoms. The van der Waals surface area contributed by atoms with Gasteiger partial charge in [0.05, 0.1) is 0 Å². The van der Waals surface area contributed by atoms with Gasteiger partial charge in [-0.05, 0) is 44.2 Å². The molecule has 1 aromatic carbocycles. The molecular formula is C17H24N2O. The highest BCUT2D eigenvalue weighted by molar-refractivity contribution is 5.77. The van der Waals surface area contributed by atoms with Gasteiger partial charge >= 0.3 is 0 Å². The van der Waals surface area contributed by atoms with Crippen LogP contribution >= 0.6 is 0 Å². The van der Waals surface area contributed by atoms with Crippen molar-refractivity contribution in [1.29, 1.82) is 0 Å². The number of carbonyl (C=O) groups is 1. The molecule has 2 saturated heterocycles. The number of carbonyl (C=O) groups excluding carboxylic acids is 1. The molecule has 1 aromatic rings. The van der Waals surface area contributed by atoms with Gasteiger partial charge in [-0.3, -0.25) is 4.79 Å². The number of hydrogen-bond donors (Lipinski definition) is 1. The maximum Gasteiger partial charge on any atom is 0.223 e. The zero-order valence-corrected chi connectivity index (χ0v) is 12.1. The third-order valence-corrected chi connectivity index (χ3v) is 4.64. The third-order valence-electron chi connectivity index (χ3n) is 4.64. The van der Waals surface area contributed by atoms with Crippen molar-refractivity contribution in [2.45, 2.75) is 50.6 Å². The molecule has 2 unspecified atom stereocenters. The van der Waals surface area contributed by atoms with E-state index in [1.165, 1.54) is 18.4 Å². The topological polar surface area (TPSA) is 32.3 Å². The van der Waals surface area contributed by atoms with E-state index in [2.05, 4.69) is 34.5 Å². The molecule has 1 amide bonds. The Bertz CT molecular complexity index is 432. The van der Waals surface area contributed by atoms with E-state index in [4.69, 9.17) is 0 Å². The second-order valence-electron chi connectivity index (χ2n) is 6.02. The Balaban J connectivity index is 1.51. The first-order chi connectivity index (χ1) is 9.84. The van der Waals surface area contributed by atoms with Gasteiger partial charge in [-0.15, -0.1) is 0 Å². The van der Waals surface area contributed by atoms with Crippen molar-refractivity contribution in [3.05, 3.63) is 35.9 Å². The number of fused-ring (bicyclic) bond motifs is 2. The number of amides is 1. The van der Waals surface area contributed by atoms with E-state index in [0.29, 0.717) is 24.4 Å². The van der Waals surface area contributed by atoms with Gasteiger partial charge in [0.2, 0.25) is 5.91 Å². The minimum absolute atomic E-state index is 0.372. The summed E-state index contributed by atoms with van der Waals surface area (Å²) in [5.41, 5.74) is 1.33. The number of nitrogens with one attached hydrogen (secondary N) is 1. The first-order valence-corrected chi connectivity index (χ1v) is 7.90. The number of hydrogen-bond acceptors (Lipinski definition) is 2. The lowest BCUT2D eigenvalue weighted by Crippen LogP contribution is -2.42. The van der Waals surface area contributed by atoms with E-state index < -0.39 is 0 Å². The van der Waals surface area contributed by atoms with Crippen LogP contribution < -0.4 is 5.32 Å². The highest BCUT2D eigenvalue weighted by Gasteiger charge is 2.37. The van der Waals surface area contributed by atoms with Crippen molar-refractivity contribution in [3.63, 3.8) is 0 Å². The SMILES string of the molecule is O=C(CCCc1ccccc1)N1C2CCNCC1CC2. The summed E-state index contributed by atoms with van der Waals surface area (Å²) < 4.78 is 0. The molecule has 3 heteroatoms. The van der Waals surface area contributed by atoms with E-state index in [0.717, 1.165) is 32.4 Å². The Morgan fingerprint density at radius 1 is 1.15 bits per heavy atom. The second-order valence-corrected chi connectivity index (χ2v) is 6.02. The predicted molar refractivity (Wildman–Crippen MR) is 80.5 cm³/mol. The predicted octanol–water partition coefficient (Wildman–Crippen LogP) is 2.36. The molecule has 2 atom stereocenters. The summed E-state index contributed by atoms with van der Waals surface area (Å²) in [7, 11) is 0. The summed E-state index contributed by atoms with van der Waals surface area (Å²) in [6, 6.07) is 11.4. The average Bonchev–Trinajstić information content (AvgIpc) is 2.73. The van der Waals surface area contributed by atoms with Gasteiger partial charge in [-0.2, -0.15) is 0 Å². The third kappa shape index (κ3) is 3.04. The van der Waals surface area contributed by atoms with Crippen LogP contribution in [-0.4, -0.2) is 36.0 Å². The fourth-order valence-electron chi connectivity index (χ4n) is 3.61. The summed E-state index contributed by atoms with van der Waals surface area (Å²) in [5, 5.41) is 3.45. The summed E-state index contributed by atoms with van der Waals surface area (Å²) in [5.74, 6) is 0.372. The van der Waals surface area contributed by atoms with Gasteiger partial charge < -0.3 is 10.2 Å². The minimum atomic E-state index is 0.372. The first kappa shape index (κ1) is 13.6. The summed E-state index contributed by atoms with van der Waals surface area (Å²) in [4.78, 5) is 14.7. The Morgan fingerprint density at radius 2 is 1.95 bits per heavy atom. The zero-order chi connectivity index (χ0) is 13.8. The number of aryl methyl sites for hydroxylation is 1. The number of rotatable bonds is 4. The molecule has 0 radical (unpaired) electrons. The van der Waals surface area contributed by atoms with E-state index in [1.807, 2.05) is 6.07 Å². The molecular weight excluding hydrogens is 248 g/mol. The molecule has 2 bridgehead atoms. The Labute approximate surface area is 121 Å². The Morgan fingerprint density at radius 3 is 2.80 bits per heavy atom. The zero-order valence-electron chi connectivity index (χ0n) is 12.1.